The van der Waals surface area contributed by atoms with Crippen molar-refractivity contribution in [2.24, 2.45) is 5.92 Å². The van der Waals surface area contributed by atoms with Gasteiger partial charge in [-0.15, -0.1) is 0 Å². The van der Waals surface area contributed by atoms with Gasteiger partial charge in [0.25, 0.3) is 0 Å². The van der Waals surface area contributed by atoms with Gasteiger partial charge in [-0.1, -0.05) is 20.3 Å². The van der Waals surface area contributed by atoms with E-state index in [2.05, 4.69) is 31.1 Å². The van der Waals surface area contributed by atoms with Crippen molar-refractivity contribution in [1.29, 1.82) is 0 Å². The number of ether oxygens (including phenoxy) is 1. The fourth-order valence-corrected chi connectivity index (χ4v) is 1.32. The minimum Gasteiger partial charge on any atom is -0.383 e. The van der Waals surface area contributed by atoms with Crippen LogP contribution < -0.4 is 5.32 Å². The first kappa shape index (κ1) is 13.9. The summed E-state index contributed by atoms with van der Waals surface area (Å²) in [4.78, 5) is 2.38. The van der Waals surface area contributed by atoms with Crippen molar-refractivity contribution in [3.63, 3.8) is 0 Å². The van der Waals surface area contributed by atoms with Crippen molar-refractivity contribution in [3.05, 3.63) is 0 Å². The van der Waals surface area contributed by atoms with E-state index in [0.29, 0.717) is 0 Å². The molecule has 0 amide bonds. The number of methoxy groups -OCH3 is 1. The van der Waals surface area contributed by atoms with Crippen molar-refractivity contribution in [2.45, 2.75) is 20.3 Å². The maximum absolute atomic E-state index is 4.95. The second-order valence-electron chi connectivity index (χ2n) is 4.02. The molecule has 0 heterocycles. The van der Waals surface area contributed by atoms with Gasteiger partial charge in [0, 0.05) is 33.3 Å². The SMILES string of the molecule is CCC(C)CN(C)CCNCCOC. The lowest BCUT2D eigenvalue weighted by atomic mass is 10.1. The van der Waals surface area contributed by atoms with Gasteiger partial charge in [-0.25, -0.2) is 0 Å². The third-order valence-corrected chi connectivity index (χ3v) is 2.47. The highest BCUT2D eigenvalue weighted by atomic mass is 16.5. The number of rotatable bonds is 9. The molecule has 0 bridgehead atoms. The molecule has 3 nitrogen and oxygen atoms in total. The molecule has 14 heavy (non-hydrogen) atoms. The van der Waals surface area contributed by atoms with Crippen LogP contribution >= 0.6 is 0 Å². The van der Waals surface area contributed by atoms with E-state index in [1.807, 2.05) is 0 Å². The molecular weight excluding hydrogens is 176 g/mol. The van der Waals surface area contributed by atoms with Gasteiger partial charge in [0.15, 0.2) is 0 Å². The van der Waals surface area contributed by atoms with Crippen LogP contribution in [0.25, 0.3) is 0 Å². The predicted octanol–water partition coefficient (Wildman–Crippen LogP) is 1.20. The molecule has 0 aliphatic rings. The summed E-state index contributed by atoms with van der Waals surface area (Å²) >= 11 is 0. The molecule has 1 N–H and O–H groups in total. The summed E-state index contributed by atoms with van der Waals surface area (Å²) in [6.07, 6.45) is 1.27. The zero-order valence-corrected chi connectivity index (χ0v) is 10.2. The van der Waals surface area contributed by atoms with Gasteiger partial charge in [-0.3, -0.25) is 0 Å². The predicted molar refractivity (Wildman–Crippen MR) is 61.7 cm³/mol. The normalized spacial score (nSPS) is 13.5. The zero-order chi connectivity index (χ0) is 10.8. The summed E-state index contributed by atoms with van der Waals surface area (Å²) in [7, 11) is 3.92. The van der Waals surface area contributed by atoms with Gasteiger partial charge >= 0.3 is 0 Å². The van der Waals surface area contributed by atoms with E-state index in [0.717, 1.165) is 32.2 Å². The Hall–Kier alpha value is -0.120. The van der Waals surface area contributed by atoms with E-state index in [1.54, 1.807) is 7.11 Å². The molecule has 0 radical (unpaired) electrons. The largest absolute Gasteiger partial charge is 0.383 e. The fraction of sp³-hybridized carbons (Fsp3) is 1.00. The molecule has 1 unspecified atom stereocenters. The van der Waals surface area contributed by atoms with Gasteiger partial charge < -0.3 is 15.0 Å². The van der Waals surface area contributed by atoms with Crippen LogP contribution in [0.2, 0.25) is 0 Å². The Morgan fingerprint density at radius 3 is 2.64 bits per heavy atom. The van der Waals surface area contributed by atoms with Gasteiger partial charge in [0.1, 0.15) is 0 Å². The molecule has 0 spiro atoms. The maximum atomic E-state index is 4.95. The highest BCUT2D eigenvalue weighted by Crippen LogP contribution is 2.01. The molecule has 0 aromatic carbocycles. The quantitative estimate of drug-likeness (QED) is 0.569. The first-order valence-electron chi connectivity index (χ1n) is 5.58. The third kappa shape index (κ3) is 8.48. The van der Waals surface area contributed by atoms with Gasteiger partial charge in [0.2, 0.25) is 0 Å². The van der Waals surface area contributed by atoms with Crippen molar-refractivity contribution < 1.29 is 4.74 Å². The lowest BCUT2D eigenvalue weighted by Gasteiger charge is -2.20. The van der Waals surface area contributed by atoms with Crippen LogP contribution in [-0.2, 0) is 4.74 Å². The molecule has 0 aromatic rings. The first-order chi connectivity index (χ1) is 6.70. The van der Waals surface area contributed by atoms with E-state index in [1.165, 1.54) is 13.0 Å². The molecule has 0 rings (SSSR count). The molecule has 1 atom stereocenters. The van der Waals surface area contributed by atoms with Gasteiger partial charge in [-0.05, 0) is 13.0 Å². The van der Waals surface area contributed by atoms with E-state index in [4.69, 9.17) is 4.74 Å². The van der Waals surface area contributed by atoms with Crippen LogP contribution in [0, 0.1) is 5.92 Å². The Kier molecular flexibility index (Phi) is 9.35. The van der Waals surface area contributed by atoms with Crippen LogP contribution in [-0.4, -0.2) is 51.8 Å². The second kappa shape index (κ2) is 9.44. The number of hydrogen-bond donors (Lipinski definition) is 1. The number of hydrogen-bond acceptors (Lipinski definition) is 3. The van der Waals surface area contributed by atoms with Crippen LogP contribution in [0.15, 0.2) is 0 Å². The van der Waals surface area contributed by atoms with Crippen molar-refractivity contribution in [3.8, 4) is 0 Å². The topological polar surface area (TPSA) is 24.5 Å². The first-order valence-corrected chi connectivity index (χ1v) is 5.58. The summed E-state index contributed by atoms with van der Waals surface area (Å²) in [6, 6.07) is 0. The molecule has 3 heteroatoms. The van der Waals surface area contributed by atoms with Crippen LogP contribution in [0.3, 0.4) is 0 Å². The Bertz CT molecular complexity index is 120. The Morgan fingerprint density at radius 2 is 2.07 bits per heavy atom. The van der Waals surface area contributed by atoms with Crippen LogP contribution in [0.4, 0.5) is 0 Å². The molecule has 0 aromatic heterocycles. The minimum absolute atomic E-state index is 0.801. The average molecular weight is 202 g/mol. The van der Waals surface area contributed by atoms with Crippen molar-refractivity contribution in [2.75, 3.05) is 46.9 Å². The Morgan fingerprint density at radius 1 is 1.36 bits per heavy atom. The van der Waals surface area contributed by atoms with Crippen LogP contribution in [0.5, 0.6) is 0 Å². The molecule has 0 saturated heterocycles. The highest BCUT2D eigenvalue weighted by Gasteiger charge is 2.03. The van der Waals surface area contributed by atoms with E-state index >= 15 is 0 Å². The Balaban J connectivity index is 3.22. The summed E-state index contributed by atoms with van der Waals surface area (Å²) in [6.45, 7) is 9.67. The monoisotopic (exact) mass is 202 g/mol. The lowest BCUT2D eigenvalue weighted by Crippen LogP contribution is -2.33. The van der Waals surface area contributed by atoms with Crippen molar-refractivity contribution >= 4 is 0 Å². The number of nitrogens with one attached hydrogen (secondary N) is 1. The van der Waals surface area contributed by atoms with E-state index in [9.17, 15) is 0 Å². The van der Waals surface area contributed by atoms with E-state index in [-0.39, 0.29) is 0 Å². The van der Waals surface area contributed by atoms with Gasteiger partial charge in [-0.2, -0.15) is 0 Å². The number of likely N-dealkylation sites (N-methyl/N-ethyl adjacent to an activating group) is 1. The standard InChI is InChI=1S/C11H26N2O/c1-5-11(2)10-13(3)8-6-12-7-9-14-4/h11-12H,5-10H2,1-4H3. The third-order valence-electron chi connectivity index (χ3n) is 2.47. The number of nitrogens with zero attached hydrogens (tertiary/aromatic N) is 1. The summed E-state index contributed by atoms with van der Waals surface area (Å²) in [5.74, 6) is 0.805. The minimum atomic E-state index is 0.801. The maximum Gasteiger partial charge on any atom is 0.0587 e. The molecule has 86 valence electrons. The smallest absolute Gasteiger partial charge is 0.0587 e. The Labute approximate surface area is 88.8 Å². The second-order valence-corrected chi connectivity index (χ2v) is 4.02. The van der Waals surface area contributed by atoms with Crippen LogP contribution in [0.1, 0.15) is 20.3 Å². The molecule has 0 aliphatic carbocycles. The molecule has 0 fully saturated rings. The fourth-order valence-electron chi connectivity index (χ4n) is 1.32. The lowest BCUT2D eigenvalue weighted by molar-refractivity contribution is 0.197. The highest BCUT2D eigenvalue weighted by molar-refractivity contribution is 4.59. The molecular formula is C11H26N2O. The summed E-state index contributed by atoms with van der Waals surface area (Å²) in [5.41, 5.74) is 0. The summed E-state index contributed by atoms with van der Waals surface area (Å²) < 4.78 is 4.95. The summed E-state index contributed by atoms with van der Waals surface area (Å²) in [5, 5.41) is 3.34. The molecule has 0 saturated carbocycles. The zero-order valence-electron chi connectivity index (χ0n) is 10.2. The average Bonchev–Trinajstić information content (AvgIpc) is 2.17. The van der Waals surface area contributed by atoms with Crippen molar-refractivity contribution in [1.82, 2.24) is 10.2 Å². The van der Waals surface area contributed by atoms with Gasteiger partial charge in [0.05, 0.1) is 6.61 Å². The van der Waals surface area contributed by atoms with E-state index < -0.39 is 0 Å². The molecule has 0 aliphatic heterocycles.